The Labute approximate surface area is 124 Å². The quantitative estimate of drug-likeness (QED) is 0.896. The van der Waals surface area contributed by atoms with Gasteiger partial charge in [-0.1, -0.05) is 6.92 Å². The number of carbonyl (C=O) groups excluding carboxylic acids is 1. The van der Waals surface area contributed by atoms with Gasteiger partial charge in [0.1, 0.15) is 5.69 Å². The fourth-order valence-corrected chi connectivity index (χ4v) is 2.81. The molecule has 0 aliphatic carbocycles. The normalized spacial score (nSPS) is 16.2. The molecule has 1 saturated heterocycles. The lowest BCUT2D eigenvalue weighted by Crippen LogP contribution is -2.39. The van der Waals surface area contributed by atoms with E-state index in [2.05, 4.69) is 5.10 Å². The zero-order chi connectivity index (χ0) is 15.4. The molecule has 21 heavy (non-hydrogen) atoms. The number of carboxylic acid groups (broad SMARTS) is 1. The number of likely N-dealkylation sites (tertiary alicyclic amines) is 1. The standard InChI is InChI=1S/C15H23N3O3/c1-3-12-10-13(17(2)16-12)15(21)18-8-6-11(7-9-18)4-5-14(19)20/h10-11H,3-9H2,1-2H3,(H,19,20). The van der Waals surface area contributed by atoms with E-state index in [1.54, 1.807) is 11.7 Å². The van der Waals surface area contributed by atoms with Gasteiger partial charge in [-0.25, -0.2) is 0 Å². The number of carboxylic acids is 1. The van der Waals surface area contributed by atoms with Gasteiger partial charge < -0.3 is 10.0 Å². The highest BCUT2D eigenvalue weighted by molar-refractivity contribution is 5.92. The summed E-state index contributed by atoms with van der Waals surface area (Å²) >= 11 is 0. The van der Waals surface area contributed by atoms with Crippen LogP contribution in [0.3, 0.4) is 0 Å². The van der Waals surface area contributed by atoms with Crippen LogP contribution in [0.15, 0.2) is 6.07 Å². The van der Waals surface area contributed by atoms with E-state index in [1.807, 2.05) is 17.9 Å². The molecule has 1 aliphatic heterocycles. The summed E-state index contributed by atoms with van der Waals surface area (Å²) in [5.74, 6) is -0.292. The van der Waals surface area contributed by atoms with Crippen molar-refractivity contribution in [1.82, 2.24) is 14.7 Å². The predicted molar refractivity (Wildman–Crippen MR) is 78.1 cm³/mol. The Morgan fingerprint density at radius 3 is 2.57 bits per heavy atom. The molecule has 1 fully saturated rings. The smallest absolute Gasteiger partial charge is 0.303 e. The van der Waals surface area contributed by atoms with Crippen LogP contribution in [-0.4, -0.2) is 44.8 Å². The fraction of sp³-hybridized carbons (Fsp3) is 0.667. The molecule has 6 nitrogen and oxygen atoms in total. The van der Waals surface area contributed by atoms with Crippen LogP contribution in [0, 0.1) is 5.92 Å². The van der Waals surface area contributed by atoms with E-state index in [1.165, 1.54) is 0 Å². The molecule has 0 bridgehead atoms. The maximum absolute atomic E-state index is 12.5. The summed E-state index contributed by atoms with van der Waals surface area (Å²) in [6, 6.07) is 1.86. The molecule has 0 aromatic carbocycles. The summed E-state index contributed by atoms with van der Waals surface area (Å²) in [5.41, 5.74) is 1.56. The summed E-state index contributed by atoms with van der Waals surface area (Å²) in [6.07, 6.45) is 3.52. The predicted octanol–water partition coefficient (Wildman–Crippen LogP) is 1.70. The zero-order valence-corrected chi connectivity index (χ0v) is 12.7. The minimum atomic E-state index is -0.740. The lowest BCUT2D eigenvalue weighted by Gasteiger charge is -2.31. The molecule has 1 amide bonds. The van der Waals surface area contributed by atoms with Crippen molar-refractivity contribution >= 4 is 11.9 Å². The third-order valence-corrected chi connectivity index (χ3v) is 4.18. The molecule has 0 atom stereocenters. The van der Waals surface area contributed by atoms with Gasteiger partial charge in [0.15, 0.2) is 0 Å². The van der Waals surface area contributed by atoms with Crippen molar-refractivity contribution < 1.29 is 14.7 Å². The monoisotopic (exact) mass is 293 g/mol. The number of hydrogen-bond donors (Lipinski definition) is 1. The van der Waals surface area contributed by atoms with Crippen molar-refractivity contribution in [2.75, 3.05) is 13.1 Å². The van der Waals surface area contributed by atoms with Gasteiger partial charge in [-0.3, -0.25) is 14.3 Å². The van der Waals surface area contributed by atoms with Crippen LogP contribution in [0.2, 0.25) is 0 Å². The molecule has 1 N–H and O–H groups in total. The third-order valence-electron chi connectivity index (χ3n) is 4.18. The highest BCUT2D eigenvalue weighted by atomic mass is 16.4. The highest BCUT2D eigenvalue weighted by Gasteiger charge is 2.25. The number of carbonyl (C=O) groups is 2. The molecule has 1 aromatic heterocycles. The lowest BCUT2D eigenvalue weighted by molar-refractivity contribution is -0.137. The van der Waals surface area contributed by atoms with Gasteiger partial charge in [0, 0.05) is 26.6 Å². The van der Waals surface area contributed by atoms with E-state index in [0.717, 1.165) is 25.0 Å². The summed E-state index contributed by atoms with van der Waals surface area (Å²) in [7, 11) is 1.80. The number of aliphatic carboxylic acids is 1. The zero-order valence-electron chi connectivity index (χ0n) is 12.7. The number of rotatable bonds is 5. The highest BCUT2D eigenvalue weighted by Crippen LogP contribution is 2.23. The second-order valence-corrected chi connectivity index (χ2v) is 5.67. The molecular formula is C15H23N3O3. The van der Waals surface area contributed by atoms with Crippen LogP contribution in [0.5, 0.6) is 0 Å². The average Bonchev–Trinajstić information content (AvgIpc) is 2.86. The van der Waals surface area contributed by atoms with Gasteiger partial charge in [0.25, 0.3) is 5.91 Å². The summed E-state index contributed by atoms with van der Waals surface area (Å²) in [4.78, 5) is 24.9. The molecule has 0 spiro atoms. The molecule has 116 valence electrons. The van der Waals surface area contributed by atoms with Gasteiger partial charge in [-0.15, -0.1) is 0 Å². The second kappa shape index (κ2) is 6.74. The largest absolute Gasteiger partial charge is 0.481 e. The van der Waals surface area contributed by atoms with E-state index < -0.39 is 5.97 Å². The van der Waals surface area contributed by atoms with Crippen molar-refractivity contribution in [2.24, 2.45) is 13.0 Å². The Balaban J connectivity index is 1.90. The molecule has 1 aliphatic rings. The Bertz CT molecular complexity index is 516. The Kier molecular flexibility index (Phi) is 4.98. The third kappa shape index (κ3) is 3.83. The van der Waals surface area contributed by atoms with Gasteiger partial charge in [0.2, 0.25) is 0 Å². The Morgan fingerprint density at radius 2 is 2.05 bits per heavy atom. The Hall–Kier alpha value is -1.85. The number of piperidine rings is 1. The van der Waals surface area contributed by atoms with Crippen LogP contribution < -0.4 is 0 Å². The molecule has 2 rings (SSSR count). The molecule has 0 saturated carbocycles. The van der Waals surface area contributed by atoms with E-state index in [9.17, 15) is 9.59 Å². The van der Waals surface area contributed by atoms with Crippen molar-refractivity contribution in [2.45, 2.75) is 39.0 Å². The molecule has 2 heterocycles. The first-order valence-electron chi connectivity index (χ1n) is 7.55. The van der Waals surface area contributed by atoms with Gasteiger partial charge >= 0.3 is 5.97 Å². The van der Waals surface area contributed by atoms with E-state index in [4.69, 9.17) is 5.11 Å². The number of aromatic nitrogens is 2. The number of aryl methyl sites for hydroxylation is 2. The maximum atomic E-state index is 12.5. The van der Waals surface area contributed by atoms with Crippen LogP contribution in [0.4, 0.5) is 0 Å². The minimum Gasteiger partial charge on any atom is -0.481 e. The van der Waals surface area contributed by atoms with Crippen LogP contribution >= 0.6 is 0 Å². The lowest BCUT2D eigenvalue weighted by atomic mass is 9.92. The molecule has 0 unspecified atom stereocenters. The van der Waals surface area contributed by atoms with E-state index in [0.29, 0.717) is 31.1 Å². The first-order valence-corrected chi connectivity index (χ1v) is 7.55. The minimum absolute atomic E-state index is 0.0291. The van der Waals surface area contributed by atoms with Crippen molar-refractivity contribution in [3.63, 3.8) is 0 Å². The van der Waals surface area contributed by atoms with E-state index in [-0.39, 0.29) is 12.3 Å². The van der Waals surface area contributed by atoms with Crippen LogP contribution in [0.1, 0.15) is 48.8 Å². The van der Waals surface area contributed by atoms with Crippen LogP contribution in [-0.2, 0) is 18.3 Å². The number of hydrogen-bond acceptors (Lipinski definition) is 3. The van der Waals surface area contributed by atoms with Crippen molar-refractivity contribution in [1.29, 1.82) is 0 Å². The second-order valence-electron chi connectivity index (χ2n) is 5.67. The Morgan fingerprint density at radius 1 is 1.38 bits per heavy atom. The summed E-state index contributed by atoms with van der Waals surface area (Å²) in [6.45, 7) is 3.43. The van der Waals surface area contributed by atoms with Crippen molar-refractivity contribution in [3.8, 4) is 0 Å². The maximum Gasteiger partial charge on any atom is 0.303 e. The molecule has 0 radical (unpaired) electrons. The first-order chi connectivity index (χ1) is 10.0. The molecular weight excluding hydrogens is 270 g/mol. The molecule has 1 aromatic rings. The summed E-state index contributed by atoms with van der Waals surface area (Å²) < 4.78 is 1.65. The van der Waals surface area contributed by atoms with Crippen molar-refractivity contribution in [3.05, 3.63) is 17.5 Å². The average molecular weight is 293 g/mol. The van der Waals surface area contributed by atoms with Gasteiger partial charge in [0.05, 0.1) is 5.69 Å². The van der Waals surface area contributed by atoms with Gasteiger partial charge in [-0.05, 0) is 37.7 Å². The topological polar surface area (TPSA) is 75.4 Å². The summed E-state index contributed by atoms with van der Waals surface area (Å²) in [5, 5.41) is 13.0. The van der Waals surface area contributed by atoms with E-state index >= 15 is 0 Å². The molecule has 6 heteroatoms. The van der Waals surface area contributed by atoms with Crippen LogP contribution in [0.25, 0.3) is 0 Å². The van der Waals surface area contributed by atoms with Gasteiger partial charge in [-0.2, -0.15) is 5.10 Å². The number of amides is 1. The first kappa shape index (κ1) is 15.5. The fourth-order valence-electron chi connectivity index (χ4n) is 2.81. The number of nitrogens with zero attached hydrogens (tertiary/aromatic N) is 3. The SMILES string of the molecule is CCc1cc(C(=O)N2CCC(CCC(=O)O)CC2)n(C)n1.